The molecule has 1 aliphatic heterocycles. The van der Waals surface area contributed by atoms with Gasteiger partial charge >= 0.3 is 6.18 Å². The summed E-state index contributed by atoms with van der Waals surface area (Å²) in [6.07, 6.45) is 8.61. The van der Waals surface area contributed by atoms with E-state index >= 15 is 0 Å². The van der Waals surface area contributed by atoms with Crippen LogP contribution in [0.2, 0.25) is 0 Å². The van der Waals surface area contributed by atoms with E-state index in [1.54, 1.807) is 13.1 Å². The van der Waals surface area contributed by atoms with Gasteiger partial charge in [0, 0.05) is 88.8 Å². The summed E-state index contributed by atoms with van der Waals surface area (Å²) in [5.41, 5.74) is 11.5. The maximum absolute atomic E-state index is 11.7. The largest absolute Gasteiger partial charge is 0.450 e. The number of aromatic nitrogens is 6. The molecule has 1 unspecified atom stereocenters. The molecule has 2 aliphatic carbocycles. The molecule has 6 aromatic rings. The lowest BCUT2D eigenvalue weighted by Crippen LogP contribution is -2.25. The van der Waals surface area contributed by atoms with Gasteiger partial charge in [-0.3, -0.25) is 4.79 Å². The Hall–Kier alpha value is -5.65. The first kappa shape index (κ1) is 61.6. The summed E-state index contributed by atoms with van der Waals surface area (Å²) in [7, 11) is 2.00. The molecule has 4 aromatic heterocycles. The first-order chi connectivity index (χ1) is 33.9. The predicted octanol–water partition coefficient (Wildman–Crippen LogP) is 10.3. The minimum absolute atomic E-state index is 0. The van der Waals surface area contributed by atoms with Crippen molar-refractivity contribution >= 4 is 28.4 Å². The highest BCUT2D eigenvalue weighted by atomic mass is 127. The van der Waals surface area contributed by atoms with Gasteiger partial charge in [-0.2, -0.15) is 13.2 Å². The standard InChI is InChI=1S/C21H24IN3O3.C21H22N4O2.C8H7F3O.2CH4O.2CH4/c1-14-12-23-21(15(2)27-20-5-3-4-10-26-20)25(14)13-18-11-19(28-24-18)16-6-8-17(22)9-7-16;1-14-12-23-20(15(2)26)25(14)13-18-11-19(27-24-18)17-5-3-16(4-6-17)7-8-21(22)9-10-21;1-2-7(3-4-7)5-6(12)8(9,10)11;2*1-2;;/h6-9,11-12,15,20H,3-5,10,13H2,1-2H3;3-6,11-12,15,26H,9-10,13,22H2,1-2H3;1H,3-5H2;2*2H,1H3;2*1H4/t15-,20?;15-;;;;;/m00...../s1. The van der Waals surface area contributed by atoms with Crippen LogP contribution in [0.4, 0.5) is 13.2 Å². The zero-order chi connectivity index (χ0) is 51.9. The van der Waals surface area contributed by atoms with Crippen LogP contribution in [0.15, 0.2) is 82.1 Å². The second-order valence-corrected chi connectivity index (χ2v) is 18.6. The van der Waals surface area contributed by atoms with Crippen LogP contribution in [0.25, 0.3) is 22.6 Å². The van der Waals surface area contributed by atoms with E-state index < -0.39 is 29.9 Å². The molecule has 15 nitrogen and oxygen atoms in total. The Balaban J connectivity index is 0.000000294. The summed E-state index contributed by atoms with van der Waals surface area (Å²) in [6, 6.07) is 19.9. The fourth-order valence-corrected chi connectivity index (χ4v) is 7.58. The van der Waals surface area contributed by atoms with Crippen LogP contribution in [0.5, 0.6) is 0 Å². The van der Waals surface area contributed by atoms with E-state index in [4.69, 9.17) is 40.9 Å². The lowest BCUT2D eigenvalue weighted by molar-refractivity contribution is -0.188. The second-order valence-electron chi connectivity index (χ2n) is 17.3. The Morgan fingerprint density at radius 2 is 1.37 bits per heavy atom. The van der Waals surface area contributed by atoms with Crippen molar-refractivity contribution in [3.8, 4) is 46.8 Å². The number of Topliss-reactive ketones (excluding diaryl/α,β-unsaturated/α-hetero) is 1. The zero-order valence-corrected chi connectivity index (χ0v) is 42.8. The predicted molar refractivity (Wildman–Crippen MR) is 281 cm³/mol. The van der Waals surface area contributed by atoms with Crippen molar-refractivity contribution in [2.45, 2.75) is 137 Å². The number of alkyl halides is 3. The Bertz CT molecular complexity index is 2730. The number of terminal acetylenes is 1. The molecule has 73 heavy (non-hydrogen) atoms. The fourth-order valence-electron chi connectivity index (χ4n) is 7.22. The van der Waals surface area contributed by atoms with E-state index in [1.807, 2.05) is 80.1 Å². The molecule has 1 saturated heterocycles. The molecule has 3 atom stereocenters. The number of hydrogen-bond donors (Lipinski definition) is 4. The van der Waals surface area contributed by atoms with Gasteiger partial charge in [0.1, 0.15) is 35.2 Å². The summed E-state index contributed by atoms with van der Waals surface area (Å²) in [5.74, 6) is 9.73. The van der Waals surface area contributed by atoms with Crippen molar-refractivity contribution in [2.24, 2.45) is 11.1 Å². The summed E-state index contributed by atoms with van der Waals surface area (Å²) >= 11 is 2.29. The number of nitrogens with zero attached hydrogens (tertiary/aromatic N) is 6. The van der Waals surface area contributed by atoms with Crippen molar-refractivity contribution < 1.29 is 51.8 Å². The van der Waals surface area contributed by atoms with Crippen LogP contribution in [-0.2, 0) is 27.4 Å². The molecule has 0 amide bonds. The SMILES string of the molecule is C.C.C#CC1(CC(=O)C(F)(F)F)CC1.CO.CO.Cc1cnc([C@H](C)O)n1Cc1cc(-c2ccc(C#CC3(N)CC3)cc2)on1.Cc1cnc([C@H](C)OC2CCCCO2)n1Cc1cc(-c2ccc(I)cc2)on1. The summed E-state index contributed by atoms with van der Waals surface area (Å²) in [4.78, 5) is 19.3. The number of carbonyl (C=O) groups is 1. The number of aliphatic hydroxyl groups excluding tert-OH is 3. The van der Waals surface area contributed by atoms with Crippen molar-refractivity contribution in [1.29, 1.82) is 0 Å². The fraction of sp³-hybridized carbons (Fsp3) is 0.463. The van der Waals surface area contributed by atoms with Gasteiger partial charge in [0.05, 0.1) is 18.6 Å². The topological polar surface area (TPSA) is 210 Å². The van der Waals surface area contributed by atoms with Crippen molar-refractivity contribution in [2.75, 3.05) is 20.8 Å². The third kappa shape index (κ3) is 17.8. The van der Waals surface area contributed by atoms with E-state index in [9.17, 15) is 23.1 Å². The minimum atomic E-state index is -4.73. The van der Waals surface area contributed by atoms with Crippen LogP contribution >= 0.6 is 22.6 Å². The molecule has 5 N–H and O–H groups in total. The monoisotopic (exact) mass is 1130 g/mol. The van der Waals surface area contributed by atoms with Gasteiger partial charge in [0.15, 0.2) is 17.8 Å². The van der Waals surface area contributed by atoms with Crippen LogP contribution in [0.1, 0.15) is 132 Å². The molecule has 19 heteroatoms. The van der Waals surface area contributed by atoms with Gasteiger partial charge in [-0.25, -0.2) is 9.97 Å². The van der Waals surface area contributed by atoms with E-state index in [1.165, 1.54) is 3.57 Å². The van der Waals surface area contributed by atoms with Gasteiger partial charge in [-0.05, 0) is 132 Å². The molecule has 2 aromatic carbocycles. The number of hydrogen-bond acceptors (Lipinski definition) is 13. The number of imidazole rings is 2. The Labute approximate surface area is 440 Å². The van der Waals surface area contributed by atoms with Gasteiger partial charge in [-0.15, -0.1) is 6.42 Å². The lowest BCUT2D eigenvalue weighted by atomic mass is 10.0. The molecule has 3 fully saturated rings. The van der Waals surface area contributed by atoms with Gasteiger partial charge < -0.3 is 48.7 Å². The van der Waals surface area contributed by atoms with Crippen LogP contribution in [0, 0.1) is 47.0 Å². The quantitative estimate of drug-likeness (QED) is 0.0665. The summed E-state index contributed by atoms with van der Waals surface area (Å²) in [6.45, 7) is 9.58. The zero-order valence-electron chi connectivity index (χ0n) is 40.7. The normalized spacial score (nSPS) is 16.3. The number of carbonyl (C=O) groups excluding carboxylic acids is 1. The Morgan fingerprint density at radius 3 is 1.82 bits per heavy atom. The van der Waals surface area contributed by atoms with E-state index in [-0.39, 0.29) is 32.8 Å². The number of ether oxygens (including phenoxy) is 2. The maximum Gasteiger partial charge on any atom is 0.450 e. The summed E-state index contributed by atoms with van der Waals surface area (Å²) in [5, 5.41) is 32.3. The Morgan fingerprint density at radius 1 is 0.863 bits per heavy atom. The number of nitrogens with two attached hydrogens (primary N) is 1. The lowest BCUT2D eigenvalue weighted by Gasteiger charge is -2.26. The van der Waals surface area contributed by atoms with Crippen molar-refractivity contribution in [1.82, 2.24) is 29.4 Å². The average molecular weight is 1130 g/mol. The molecule has 5 heterocycles. The highest BCUT2D eigenvalue weighted by molar-refractivity contribution is 14.1. The number of aryl methyl sites for hydroxylation is 2. The van der Waals surface area contributed by atoms with Gasteiger partial charge in [-0.1, -0.05) is 55.1 Å². The van der Waals surface area contributed by atoms with Gasteiger partial charge in [0.25, 0.3) is 0 Å². The molecule has 0 bridgehead atoms. The number of rotatable bonds is 12. The van der Waals surface area contributed by atoms with E-state index in [2.05, 4.69) is 77.3 Å². The van der Waals surface area contributed by atoms with Gasteiger partial charge in [0.2, 0.25) is 5.78 Å². The number of aliphatic hydroxyl groups is 3. The Kier molecular flexibility index (Phi) is 23.8. The van der Waals surface area contributed by atoms with E-state index in [0.717, 1.165) is 104 Å². The molecular formula is C54H69F3IN7O8. The highest BCUT2D eigenvalue weighted by Crippen LogP contribution is 2.49. The smallest absolute Gasteiger partial charge is 0.400 e. The molecule has 9 rings (SSSR count). The third-order valence-corrected chi connectivity index (χ3v) is 12.4. The van der Waals surface area contributed by atoms with Crippen molar-refractivity contribution in [3.63, 3.8) is 0 Å². The average Bonchev–Trinajstić information content (AvgIpc) is 3.97. The first-order valence-electron chi connectivity index (χ1n) is 23.0. The first-order valence-corrected chi connectivity index (χ1v) is 24.1. The number of benzene rings is 2. The molecular weight excluding hydrogens is 1060 g/mol. The molecule has 0 radical (unpaired) electrons. The van der Waals surface area contributed by atoms with Crippen molar-refractivity contribution in [3.05, 3.63) is 117 Å². The van der Waals surface area contributed by atoms with Crippen LogP contribution in [0.3, 0.4) is 0 Å². The number of halogens is 4. The van der Waals surface area contributed by atoms with Crippen LogP contribution in [-0.4, -0.2) is 89.4 Å². The maximum atomic E-state index is 11.7. The second kappa shape index (κ2) is 28.1. The molecule has 2 saturated carbocycles. The molecule has 3 aliphatic rings. The third-order valence-electron chi connectivity index (χ3n) is 11.7. The van der Waals surface area contributed by atoms with E-state index in [0.29, 0.717) is 37.5 Å². The van der Waals surface area contributed by atoms with Crippen LogP contribution < -0.4 is 5.73 Å². The molecule has 396 valence electrons. The summed E-state index contributed by atoms with van der Waals surface area (Å²) < 4.78 is 63.3. The molecule has 0 spiro atoms. The minimum Gasteiger partial charge on any atom is -0.400 e. The highest BCUT2D eigenvalue weighted by Gasteiger charge is 2.49. The number of ketones is 1.